The number of nitrogens with zero attached hydrogens (tertiary/aromatic N) is 1. The van der Waals surface area contributed by atoms with Gasteiger partial charge in [-0.2, -0.15) is 0 Å². The molecule has 9 heteroatoms. The summed E-state index contributed by atoms with van der Waals surface area (Å²) in [6.07, 6.45) is -0.0360. The molecule has 3 rings (SSSR count). The van der Waals surface area contributed by atoms with Gasteiger partial charge in [0.1, 0.15) is 5.69 Å². The van der Waals surface area contributed by atoms with Gasteiger partial charge < -0.3 is 16.4 Å². The largest absolute Gasteiger partial charge is 0.364 e. The minimum absolute atomic E-state index is 0.0360. The van der Waals surface area contributed by atoms with Crippen molar-refractivity contribution in [1.82, 2.24) is 10.3 Å². The van der Waals surface area contributed by atoms with Crippen molar-refractivity contribution in [1.29, 1.82) is 0 Å². The molecule has 4 N–H and O–H groups in total. The average molecular weight is 429 g/mol. The lowest BCUT2D eigenvalue weighted by atomic mass is 10.0. The summed E-state index contributed by atoms with van der Waals surface area (Å²) in [7, 11) is 0. The predicted octanol–water partition coefficient (Wildman–Crippen LogP) is 3.40. The first-order chi connectivity index (χ1) is 13.9. The molecule has 0 aliphatic carbocycles. The van der Waals surface area contributed by atoms with E-state index in [2.05, 4.69) is 15.6 Å². The van der Waals surface area contributed by atoms with Gasteiger partial charge in [-0.25, -0.2) is 4.98 Å². The SMILES string of the molecule is NC(=O)c1csc(NC(=O)CC(NC(=O)c2ccccc2Cl)c2ccccc2)n1. The third-order valence-electron chi connectivity index (χ3n) is 4.02. The number of anilines is 1. The van der Waals surface area contributed by atoms with Crippen molar-refractivity contribution in [3.8, 4) is 0 Å². The maximum atomic E-state index is 12.7. The van der Waals surface area contributed by atoms with Crippen molar-refractivity contribution in [2.24, 2.45) is 5.73 Å². The maximum absolute atomic E-state index is 12.7. The van der Waals surface area contributed by atoms with E-state index in [9.17, 15) is 14.4 Å². The van der Waals surface area contributed by atoms with E-state index in [0.717, 1.165) is 16.9 Å². The van der Waals surface area contributed by atoms with Crippen molar-refractivity contribution in [2.75, 3.05) is 5.32 Å². The van der Waals surface area contributed by atoms with Crippen LogP contribution < -0.4 is 16.4 Å². The van der Waals surface area contributed by atoms with E-state index in [1.54, 1.807) is 24.3 Å². The number of benzene rings is 2. The Morgan fingerprint density at radius 3 is 2.41 bits per heavy atom. The Morgan fingerprint density at radius 2 is 1.76 bits per heavy atom. The van der Waals surface area contributed by atoms with Gasteiger partial charge in [0.2, 0.25) is 5.91 Å². The van der Waals surface area contributed by atoms with Gasteiger partial charge in [0.05, 0.1) is 23.0 Å². The molecular formula is C20H17ClN4O3S. The molecule has 0 saturated carbocycles. The fraction of sp³-hybridized carbons (Fsp3) is 0.100. The van der Waals surface area contributed by atoms with E-state index < -0.39 is 11.9 Å². The zero-order valence-electron chi connectivity index (χ0n) is 15.1. The molecule has 1 heterocycles. The van der Waals surface area contributed by atoms with Gasteiger partial charge in [-0.1, -0.05) is 54.1 Å². The Morgan fingerprint density at radius 1 is 1.07 bits per heavy atom. The molecular weight excluding hydrogens is 412 g/mol. The van der Waals surface area contributed by atoms with Crippen LogP contribution >= 0.6 is 22.9 Å². The smallest absolute Gasteiger partial charge is 0.268 e. The number of amides is 3. The van der Waals surface area contributed by atoms with Gasteiger partial charge >= 0.3 is 0 Å². The molecule has 148 valence electrons. The van der Waals surface area contributed by atoms with E-state index in [4.69, 9.17) is 17.3 Å². The molecule has 0 radical (unpaired) electrons. The summed E-state index contributed by atoms with van der Waals surface area (Å²) in [5.41, 5.74) is 6.34. The van der Waals surface area contributed by atoms with Crippen LogP contribution in [0.1, 0.15) is 38.9 Å². The molecule has 0 spiro atoms. The molecule has 0 bridgehead atoms. The fourth-order valence-electron chi connectivity index (χ4n) is 2.62. The number of primary amides is 1. The highest BCUT2D eigenvalue weighted by Crippen LogP contribution is 2.22. The Labute approximate surface area is 175 Å². The first-order valence-corrected chi connectivity index (χ1v) is 9.85. The van der Waals surface area contributed by atoms with E-state index in [1.807, 2.05) is 30.3 Å². The Kier molecular flexibility index (Phi) is 6.58. The summed E-state index contributed by atoms with van der Waals surface area (Å²) >= 11 is 7.20. The maximum Gasteiger partial charge on any atom is 0.268 e. The quantitative estimate of drug-likeness (QED) is 0.535. The van der Waals surface area contributed by atoms with Crippen molar-refractivity contribution in [3.05, 3.63) is 81.8 Å². The highest BCUT2D eigenvalue weighted by Gasteiger charge is 2.21. The highest BCUT2D eigenvalue weighted by molar-refractivity contribution is 7.14. The highest BCUT2D eigenvalue weighted by atomic mass is 35.5. The number of hydrogen-bond donors (Lipinski definition) is 3. The van der Waals surface area contributed by atoms with Gasteiger partial charge in [0.15, 0.2) is 5.13 Å². The first kappa shape index (κ1) is 20.5. The second-order valence-electron chi connectivity index (χ2n) is 6.07. The van der Waals surface area contributed by atoms with E-state index >= 15 is 0 Å². The minimum atomic E-state index is -0.670. The molecule has 1 aromatic heterocycles. The van der Waals surface area contributed by atoms with Crippen LogP contribution in [0.5, 0.6) is 0 Å². The van der Waals surface area contributed by atoms with Gasteiger partial charge in [0, 0.05) is 5.38 Å². The molecule has 0 aliphatic heterocycles. The number of thiazole rings is 1. The van der Waals surface area contributed by atoms with Crippen LogP contribution in [0.15, 0.2) is 60.0 Å². The molecule has 1 unspecified atom stereocenters. The first-order valence-electron chi connectivity index (χ1n) is 8.59. The second-order valence-corrected chi connectivity index (χ2v) is 7.34. The number of nitrogens with one attached hydrogen (secondary N) is 2. The van der Waals surface area contributed by atoms with Crippen LogP contribution in [0, 0.1) is 0 Å². The third kappa shape index (κ3) is 5.40. The van der Waals surface area contributed by atoms with Crippen molar-refractivity contribution >= 4 is 45.8 Å². The lowest BCUT2D eigenvalue weighted by Gasteiger charge is -2.19. The zero-order valence-corrected chi connectivity index (χ0v) is 16.7. The summed E-state index contributed by atoms with van der Waals surface area (Å²) in [6.45, 7) is 0. The van der Waals surface area contributed by atoms with E-state index in [0.29, 0.717) is 10.6 Å². The fourth-order valence-corrected chi connectivity index (χ4v) is 3.56. The topological polar surface area (TPSA) is 114 Å². The molecule has 0 aliphatic rings. The second kappa shape index (κ2) is 9.31. The van der Waals surface area contributed by atoms with Crippen molar-refractivity contribution in [3.63, 3.8) is 0 Å². The van der Waals surface area contributed by atoms with Gasteiger partial charge in [-0.05, 0) is 17.7 Å². The van der Waals surface area contributed by atoms with Crippen molar-refractivity contribution in [2.45, 2.75) is 12.5 Å². The Hall–Kier alpha value is -3.23. The third-order valence-corrected chi connectivity index (χ3v) is 5.11. The lowest BCUT2D eigenvalue weighted by Crippen LogP contribution is -2.31. The summed E-state index contributed by atoms with van der Waals surface area (Å²) < 4.78 is 0. The van der Waals surface area contributed by atoms with E-state index in [1.165, 1.54) is 5.38 Å². The normalized spacial score (nSPS) is 11.5. The standard InChI is InChI=1S/C20H17ClN4O3S/c21-14-9-5-4-8-13(14)19(28)23-15(12-6-2-1-3-7-12)10-17(26)25-20-24-16(11-29-20)18(22)27/h1-9,11,15H,10H2,(H2,22,27)(H,23,28)(H,24,25,26). The lowest BCUT2D eigenvalue weighted by molar-refractivity contribution is -0.116. The average Bonchev–Trinajstić information content (AvgIpc) is 3.17. The minimum Gasteiger partial charge on any atom is -0.364 e. The number of carbonyl (C=O) groups is 3. The summed E-state index contributed by atoms with van der Waals surface area (Å²) in [4.78, 5) is 40.3. The number of aromatic nitrogens is 1. The van der Waals surface area contributed by atoms with Crippen LogP contribution in [0.25, 0.3) is 0 Å². The molecule has 0 fully saturated rings. The Balaban J connectivity index is 1.75. The molecule has 0 saturated heterocycles. The van der Waals surface area contributed by atoms with Crippen molar-refractivity contribution < 1.29 is 14.4 Å². The molecule has 1 atom stereocenters. The summed E-state index contributed by atoms with van der Waals surface area (Å²) in [6, 6.07) is 15.2. The number of halogens is 1. The van der Waals surface area contributed by atoms with Crippen LogP contribution in [-0.4, -0.2) is 22.7 Å². The van der Waals surface area contributed by atoms with E-state index in [-0.39, 0.29) is 29.1 Å². The number of hydrogen-bond acceptors (Lipinski definition) is 5. The number of carbonyl (C=O) groups excluding carboxylic acids is 3. The van der Waals surface area contributed by atoms with Crippen LogP contribution in [0.2, 0.25) is 5.02 Å². The molecule has 2 aromatic carbocycles. The van der Waals surface area contributed by atoms with Gasteiger partial charge in [-0.15, -0.1) is 11.3 Å². The monoisotopic (exact) mass is 428 g/mol. The zero-order chi connectivity index (χ0) is 20.8. The predicted molar refractivity (Wildman–Crippen MR) is 112 cm³/mol. The van der Waals surface area contributed by atoms with Crippen LogP contribution in [0.3, 0.4) is 0 Å². The van der Waals surface area contributed by atoms with Gasteiger partial charge in [-0.3, -0.25) is 14.4 Å². The van der Waals surface area contributed by atoms with Gasteiger partial charge in [0.25, 0.3) is 11.8 Å². The summed E-state index contributed by atoms with van der Waals surface area (Å²) in [5.74, 6) is -1.43. The van der Waals surface area contributed by atoms with Crippen LogP contribution in [-0.2, 0) is 4.79 Å². The molecule has 29 heavy (non-hydrogen) atoms. The molecule has 3 aromatic rings. The number of nitrogens with two attached hydrogens (primary N) is 1. The molecule has 3 amide bonds. The molecule has 7 nitrogen and oxygen atoms in total. The number of rotatable bonds is 7. The van der Waals surface area contributed by atoms with Crippen LogP contribution in [0.4, 0.5) is 5.13 Å². The Bertz CT molecular complexity index is 1040. The summed E-state index contributed by atoms with van der Waals surface area (Å²) in [5, 5.41) is 7.52.